The van der Waals surface area contributed by atoms with Gasteiger partial charge >= 0.3 is 12.0 Å². The second-order valence-electron chi connectivity index (χ2n) is 4.59. The van der Waals surface area contributed by atoms with Crippen LogP contribution in [0.5, 0.6) is 5.75 Å². The van der Waals surface area contributed by atoms with Crippen LogP contribution in [0.4, 0.5) is 10.5 Å². The molecular weight excluding hydrogens is 272 g/mol. The standard InChI is InChI=1S/C15H18N2O4/c1-4-5-13(14(18)19)17-15(20)16-11-6-8-12(9-7-11)21-10(2)3/h1,6-10,13H,5H2,2-3H3,(H,18,19)(H2,16,17,20). The number of amides is 2. The summed E-state index contributed by atoms with van der Waals surface area (Å²) in [6.45, 7) is 3.83. The number of carboxylic acid groups (broad SMARTS) is 1. The van der Waals surface area contributed by atoms with Gasteiger partial charge in [-0.2, -0.15) is 0 Å². The maximum absolute atomic E-state index is 11.7. The first-order chi connectivity index (χ1) is 9.92. The fourth-order valence-electron chi connectivity index (χ4n) is 1.53. The molecule has 1 atom stereocenters. The number of hydrogen-bond donors (Lipinski definition) is 3. The number of rotatable bonds is 6. The summed E-state index contributed by atoms with van der Waals surface area (Å²) < 4.78 is 5.47. The normalized spacial score (nSPS) is 11.3. The monoisotopic (exact) mass is 290 g/mol. The van der Waals surface area contributed by atoms with E-state index >= 15 is 0 Å². The molecule has 112 valence electrons. The topological polar surface area (TPSA) is 87.7 Å². The predicted octanol–water partition coefficient (Wildman–Crippen LogP) is 2.07. The van der Waals surface area contributed by atoms with Crippen molar-refractivity contribution >= 4 is 17.7 Å². The number of ether oxygens (including phenoxy) is 1. The van der Waals surface area contributed by atoms with Crippen molar-refractivity contribution in [3.63, 3.8) is 0 Å². The van der Waals surface area contributed by atoms with Crippen LogP contribution in [-0.4, -0.2) is 29.3 Å². The van der Waals surface area contributed by atoms with E-state index in [0.717, 1.165) is 0 Å². The second kappa shape index (κ2) is 7.80. The predicted molar refractivity (Wildman–Crippen MR) is 79.2 cm³/mol. The SMILES string of the molecule is C#CCC(NC(=O)Nc1ccc(OC(C)C)cc1)C(=O)O. The summed E-state index contributed by atoms with van der Waals surface area (Å²) in [4.78, 5) is 22.5. The number of aliphatic carboxylic acids is 1. The molecule has 21 heavy (non-hydrogen) atoms. The Morgan fingerprint density at radius 2 is 1.95 bits per heavy atom. The third-order valence-corrected chi connectivity index (χ3v) is 2.41. The van der Waals surface area contributed by atoms with Gasteiger partial charge in [0, 0.05) is 12.1 Å². The van der Waals surface area contributed by atoms with Crippen LogP contribution in [0, 0.1) is 12.3 Å². The van der Waals surface area contributed by atoms with Crippen molar-refractivity contribution in [2.24, 2.45) is 0 Å². The number of urea groups is 1. The number of carbonyl (C=O) groups is 2. The molecule has 0 bridgehead atoms. The highest BCUT2D eigenvalue weighted by Crippen LogP contribution is 2.16. The molecule has 1 unspecified atom stereocenters. The van der Waals surface area contributed by atoms with Crippen LogP contribution in [0.3, 0.4) is 0 Å². The van der Waals surface area contributed by atoms with Gasteiger partial charge in [-0.15, -0.1) is 12.3 Å². The highest BCUT2D eigenvalue weighted by atomic mass is 16.5. The lowest BCUT2D eigenvalue weighted by molar-refractivity contribution is -0.139. The van der Waals surface area contributed by atoms with Gasteiger partial charge in [-0.25, -0.2) is 9.59 Å². The van der Waals surface area contributed by atoms with E-state index in [-0.39, 0.29) is 12.5 Å². The molecule has 6 heteroatoms. The van der Waals surface area contributed by atoms with E-state index in [1.54, 1.807) is 24.3 Å². The largest absolute Gasteiger partial charge is 0.491 e. The number of anilines is 1. The lowest BCUT2D eigenvalue weighted by Gasteiger charge is -2.13. The molecule has 1 aromatic rings. The lowest BCUT2D eigenvalue weighted by Crippen LogP contribution is -2.42. The van der Waals surface area contributed by atoms with E-state index in [1.807, 2.05) is 13.8 Å². The molecule has 6 nitrogen and oxygen atoms in total. The van der Waals surface area contributed by atoms with Gasteiger partial charge in [-0.3, -0.25) is 0 Å². The van der Waals surface area contributed by atoms with E-state index < -0.39 is 18.0 Å². The molecule has 2 amide bonds. The van der Waals surface area contributed by atoms with Crippen LogP contribution in [0.25, 0.3) is 0 Å². The zero-order valence-electron chi connectivity index (χ0n) is 11.9. The summed E-state index contributed by atoms with van der Waals surface area (Å²) >= 11 is 0. The number of benzene rings is 1. The Bertz CT molecular complexity index is 532. The fourth-order valence-corrected chi connectivity index (χ4v) is 1.53. The first-order valence-corrected chi connectivity index (χ1v) is 6.43. The Hall–Kier alpha value is -2.68. The average molecular weight is 290 g/mol. The van der Waals surface area contributed by atoms with Gasteiger partial charge in [0.05, 0.1) is 6.10 Å². The molecular formula is C15H18N2O4. The summed E-state index contributed by atoms with van der Waals surface area (Å²) in [6.07, 6.45) is 5.04. The number of carboxylic acids is 1. The number of nitrogens with one attached hydrogen (secondary N) is 2. The molecule has 0 aromatic heterocycles. The van der Waals surface area contributed by atoms with Crippen LogP contribution in [0.2, 0.25) is 0 Å². The van der Waals surface area contributed by atoms with Crippen LogP contribution >= 0.6 is 0 Å². The van der Waals surface area contributed by atoms with Crippen LogP contribution in [0.15, 0.2) is 24.3 Å². The maximum Gasteiger partial charge on any atom is 0.327 e. The smallest absolute Gasteiger partial charge is 0.327 e. The Balaban J connectivity index is 2.58. The Labute approximate surface area is 123 Å². The molecule has 0 saturated heterocycles. The van der Waals surface area contributed by atoms with Gasteiger partial charge in [0.15, 0.2) is 0 Å². The molecule has 3 N–H and O–H groups in total. The minimum Gasteiger partial charge on any atom is -0.491 e. The Morgan fingerprint density at radius 3 is 2.43 bits per heavy atom. The van der Waals surface area contributed by atoms with Gasteiger partial charge in [0.25, 0.3) is 0 Å². The summed E-state index contributed by atoms with van der Waals surface area (Å²) in [5, 5.41) is 13.7. The van der Waals surface area contributed by atoms with Crippen molar-refractivity contribution in [3.8, 4) is 18.1 Å². The van der Waals surface area contributed by atoms with Gasteiger partial charge in [0.2, 0.25) is 0 Å². The first-order valence-electron chi connectivity index (χ1n) is 6.43. The second-order valence-corrected chi connectivity index (χ2v) is 4.59. The fraction of sp³-hybridized carbons (Fsp3) is 0.333. The highest BCUT2D eigenvalue weighted by Gasteiger charge is 2.18. The third kappa shape index (κ3) is 5.87. The summed E-state index contributed by atoms with van der Waals surface area (Å²) in [7, 11) is 0. The number of hydrogen-bond acceptors (Lipinski definition) is 3. The molecule has 0 spiro atoms. The third-order valence-electron chi connectivity index (χ3n) is 2.41. The van der Waals surface area contributed by atoms with Gasteiger partial charge in [0.1, 0.15) is 11.8 Å². The zero-order chi connectivity index (χ0) is 15.8. The van der Waals surface area contributed by atoms with Crippen molar-refractivity contribution < 1.29 is 19.4 Å². The van der Waals surface area contributed by atoms with Crippen molar-refractivity contribution in [3.05, 3.63) is 24.3 Å². The van der Waals surface area contributed by atoms with Crippen LogP contribution in [0.1, 0.15) is 20.3 Å². The Kier molecular flexibility index (Phi) is 6.08. The van der Waals surface area contributed by atoms with E-state index in [4.69, 9.17) is 16.3 Å². The lowest BCUT2D eigenvalue weighted by atomic mass is 10.2. The average Bonchev–Trinajstić information content (AvgIpc) is 2.40. The van der Waals surface area contributed by atoms with Crippen molar-refractivity contribution in [1.29, 1.82) is 0 Å². The minimum atomic E-state index is -1.18. The first kappa shape index (κ1) is 16.4. The van der Waals surface area contributed by atoms with Gasteiger partial charge in [-0.1, -0.05) is 0 Å². The number of carbonyl (C=O) groups excluding carboxylic acids is 1. The number of terminal acetylenes is 1. The molecule has 1 aromatic carbocycles. The maximum atomic E-state index is 11.7. The molecule has 0 heterocycles. The van der Waals surface area contributed by atoms with E-state index in [0.29, 0.717) is 11.4 Å². The van der Waals surface area contributed by atoms with E-state index in [1.165, 1.54) is 0 Å². The highest BCUT2D eigenvalue weighted by molar-refractivity contribution is 5.92. The van der Waals surface area contributed by atoms with E-state index in [2.05, 4.69) is 16.6 Å². The molecule has 0 aliphatic rings. The molecule has 0 aliphatic carbocycles. The molecule has 0 fully saturated rings. The van der Waals surface area contributed by atoms with Gasteiger partial charge < -0.3 is 20.5 Å². The molecule has 0 radical (unpaired) electrons. The van der Waals surface area contributed by atoms with Crippen LogP contribution in [-0.2, 0) is 4.79 Å². The Morgan fingerprint density at radius 1 is 1.33 bits per heavy atom. The van der Waals surface area contributed by atoms with Crippen molar-refractivity contribution in [1.82, 2.24) is 5.32 Å². The van der Waals surface area contributed by atoms with E-state index in [9.17, 15) is 9.59 Å². The summed E-state index contributed by atoms with van der Waals surface area (Å²) in [5.41, 5.74) is 0.522. The van der Waals surface area contributed by atoms with Crippen molar-refractivity contribution in [2.45, 2.75) is 32.4 Å². The minimum absolute atomic E-state index is 0.0622. The molecule has 0 aliphatic heterocycles. The van der Waals surface area contributed by atoms with Gasteiger partial charge in [-0.05, 0) is 38.1 Å². The quantitative estimate of drug-likeness (QED) is 0.700. The molecule has 0 saturated carbocycles. The van der Waals surface area contributed by atoms with Crippen LogP contribution < -0.4 is 15.4 Å². The zero-order valence-corrected chi connectivity index (χ0v) is 11.9. The van der Waals surface area contributed by atoms with Crippen molar-refractivity contribution in [2.75, 3.05) is 5.32 Å². The summed E-state index contributed by atoms with van der Waals surface area (Å²) in [6, 6.07) is 5.01. The summed E-state index contributed by atoms with van der Waals surface area (Å²) in [5.74, 6) is 1.71. The molecule has 1 rings (SSSR count).